The van der Waals surface area contributed by atoms with Crippen molar-refractivity contribution in [2.75, 3.05) is 13.1 Å². The number of nitrogens with two attached hydrogens (primary N) is 1. The maximum atomic E-state index is 13.9. The van der Waals surface area contributed by atoms with Crippen molar-refractivity contribution in [1.82, 2.24) is 35.1 Å². The molecule has 3 heterocycles. The van der Waals surface area contributed by atoms with Crippen LogP contribution in [0.1, 0.15) is 130 Å². The van der Waals surface area contributed by atoms with E-state index in [4.69, 9.17) is 10.5 Å². The zero-order chi connectivity index (χ0) is 42.3. The van der Waals surface area contributed by atoms with Gasteiger partial charge in [-0.2, -0.15) is 0 Å². The molecule has 2 aromatic heterocycles. The lowest BCUT2D eigenvalue weighted by atomic mass is 9.44. The van der Waals surface area contributed by atoms with E-state index in [2.05, 4.69) is 46.4 Å². The van der Waals surface area contributed by atoms with Crippen LogP contribution in [-0.4, -0.2) is 96.3 Å². The summed E-state index contributed by atoms with van der Waals surface area (Å²) in [4.78, 5) is 66.6. The number of H-pyrrole nitrogens is 1. The van der Waals surface area contributed by atoms with Crippen molar-refractivity contribution in [3.05, 3.63) is 36.4 Å². The van der Waals surface area contributed by atoms with Gasteiger partial charge < -0.3 is 36.1 Å². The second kappa shape index (κ2) is 17.3. The second-order valence-electron chi connectivity index (χ2n) is 20.5. The van der Waals surface area contributed by atoms with Crippen molar-refractivity contribution in [3.8, 4) is 0 Å². The van der Waals surface area contributed by atoms with Gasteiger partial charge in [0.25, 0.3) is 0 Å². The Morgan fingerprint density at radius 3 is 2.56 bits per heavy atom. The number of aromatic nitrogens is 4. The van der Waals surface area contributed by atoms with Crippen LogP contribution in [0, 0.1) is 46.3 Å². The van der Waals surface area contributed by atoms with E-state index >= 15 is 0 Å². The van der Waals surface area contributed by atoms with Crippen LogP contribution in [-0.2, 0) is 32.0 Å². The Kier molecular flexibility index (Phi) is 12.7. The Morgan fingerprint density at radius 2 is 1.81 bits per heavy atom. The normalized spacial score (nSPS) is 33.9. The quantitative estimate of drug-likeness (QED) is 0.193. The lowest BCUT2D eigenvalue weighted by molar-refractivity contribution is -0.139. The molecule has 6 N–H and O–H groups in total. The molecule has 0 radical (unpaired) electrons. The fourth-order valence-electron chi connectivity index (χ4n) is 12.8. The minimum atomic E-state index is -1.02. The number of nitrogens with one attached hydrogen (secondary N) is 3. The molecular formula is C45H70N8O6. The molecule has 4 saturated carbocycles. The number of likely N-dealkylation sites (tertiary alicyclic amines) is 1. The minimum absolute atomic E-state index is 0.0549. The average Bonchev–Trinajstić information content (AvgIpc) is 4.00. The molecule has 14 heteroatoms. The summed E-state index contributed by atoms with van der Waals surface area (Å²) in [5.74, 6) is 3.17. The zero-order valence-corrected chi connectivity index (χ0v) is 36.3. The van der Waals surface area contributed by atoms with Crippen LogP contribution < -0.4 is 16.4 Å². The van der Waals surface area contributed by atoms with E-state index in [1.165, 1.54) is 66.9 Å². The number of fused-ring (bicyclic) bond motifs is 5. The molecule has 5 aliphatic rings. The lowest BCUT2D eigenvalue weighted by Gasteiger charge is -2.61. The van der Waals surface area contributed by atoms with Crippen LogP contribution in [0.15, 0.2) is 25.0 Å². The summed E-state index contributed by atoms with van der Waals surface area (Å²) in [7, 11) is 0. The van der Waals surface area contributed by atoms with Crippen molar-refractivity contribution in [2.45, 2.75) is 161 Å². The molecule has 0 spiro atoms. The SMILES string of the molecule is C[C@H](CCC(=O)N[C@H]1C[C@@H](C(=O)NCCc2cnc[nH]2)N(C(=O)C(N)Cc2cn(C(=O)OC(C)(C)C)cn2)C1)[C@H]1CCC2C3CCC4C[C@H](O)CC[C@]4(C)C3CC[C@@]21C. The van der Waals surface area contributed by atoms with Gasteiger partial charge in [-0.3, -0.25) is 14.4 Å². The first-order valence-electron chi connectivity index (χ1n) is 22.5. The third-order valence-corrected chi connectivity index (χ3v) is 15.7. The van der Waals surface area contributed by atoms with Gasteiger partial charge in [0, 0.05) is 56.5 Å². The van der Waals surface area contributed by atoms with E-state index in [0.29, 0.717) is 53.7 Å². The number of ether oxygens (including phenoxy) is 1. The van der Waals surface area contributed by atoms with Gasteiger partial charge in [0.2, 0.25) is 17.7 Å². The Balaban J connectivity index is 0.944. The zero-order valence-electron chi connectivity index (χ0n) is 36.3. The number of aliphatic hydroxyl groups excluding tert-OH is 1. The van der Waals surface area contributed by atoms with Crippen molar-refractivity contribution in [3.63, 3.8) is 0 Å². The summed E-state index contributed by atoms with van der Waals surface area (Å²) in [6.07, 6.45) is 18.2. The highest BCUT2D eigenvalue weighted by molar-refractivity contribution is 5.91. The van der Waals surface area contributed by atoms with E-state index in [1.807, 2.05) is 0 Å². The van der Waals surface area contributed by atoms with Gasteiger partial charge in [-0.15, -0.1) is 0 Å². The van der Waals surface area contributed by atoms with Gasteiger partial charge in [0.1, 0.15) is 18.0 Å². The second-order valence-corrected chi connectivity index (χ2v) is 20.5. The van der Waals surface area contributed by atoms with Gasteiger partial charge in [-0.1, -0.05) is 20.8 Å². The standard InChI is InChI=1S/C45H70N8O6/c1-27(34-10-11-35-33-9-8-28-19-32(54)13-16-44(28,5)36(33)14-17-45(34,35)6)7-12-39(55)51-31-21-38(40(56)48-18-15-29-22-47-25-49-29)53(24-31)41(57)37(46)20-30-23-52(26-50-30)42(58)59-43(2,3)4/h22-23,25-28,31-38,54H,7-21,24,46H2,1-6H3,(H,47,49)(H,48,56)(H,51,55)/t27-,28?,31+,32-,33?,34-,35?,36?,37?,38+,44+,45-/m1/s1. The van der Waals surface area contributed by atoms with Crippen molar-refractivity contribution in [1.29, 1.82) is 0 Å². The monoisotopic (exact) mass is 819 g/mol. The number of nitrogens with zero attached hydrogens (tertiary/aromatic N) is 4. The van der Waals surface area contributed by atoms with Gasteiger partial charge in [-0.25, -0.2) is 19.3 Å². The van der Waals surface area contributed by atoms with E-state index in [1.54, 1.807) is 33.3 Å². The third-order valence-electron chi connectivity index (χ3n) is 15.7. The van der Waals surface area contributed by atoms with Gasteiger partial charge in [0.05, 0.1) is 24.2 Å². The molecule has 5 unspecified atom stereocenters. The summed E-state index contributed by atoms with van der Waals surface area (Å²) in [5.41, 5.74) is 7.77. The van der Waals surface area contributed by atoms with E-state index in [-0.39, 0.29) is 37.3 Å². The van der Waals surface area contributed by atoms with Crippen LogP contribution in [0.25, 0.3) is 0 Å². The average molecular weight is 819 g/mol. The first kappa shape index (κ1) is 43.3. The number of aliphatic hydroxyl groups is 1. The highest BCUT2D eigenvalue weighted by atomic mass is 16.6. The maximum absolute atomic E-state index is 13.9. The Bertz CT molecular complexity index is 1810. The van der Waals surface area contributed by atoms with E-state index in [0.717, 1.165) is 42.7 Å². The summed E-state index contributed by atoms with van der Waals surface area (Å²) in [6.45, 7) is 13.3. The number of hydrogen-bond acceptors (Lipinski definition) is 9. The molecule has 59 heavy (non-hydrogen) atoms. The van der Waals surface area contributed by atoms with E-state index < -0.39 is 35.7 Å². The number of aromatic amines is 1. The highest BCUT2D eigenvalue weighted by Gasteiger charge is 2.60. The predicted octanol–water partition coefficient (Wildman–Crippen LogP) is 5.14. The van der Waals surface area contributed by atoms with Crippen LogP contribution >= 0.6 is 0 Å². The molecule has 14 nitrogen and oxygen atoms in total. The molecule has 0 bridgehead atoms. The Morgan fingerprint density at radius 1 is 1.05 bits per heavy atom. The molecule has 12 atom stereocenters. The topological polar surface area (TPSA) is 198 Å². The number of hydrogen-bond donors (Lipinski definition) is 5. The fraction of sp³-hybridized carbons (Fsp3) is 0.778. The maximum Gasteiger partial charge on any atom is 0.419 e. The van der Waals surface area contributed by atoms with Crippen LogP contribution in [0.3, 0.4) is 0 Å². The first-order chi connectivity index (χ1) is 27.9. The van der Waals surface area contributed by atoms with Crippen molar-refractivity contribution < 1.29 is 29.0 Å². The fourth-order valence-corrected chi connectivity index (χ4v) is 12.8. The smallest absolute Gasteiger partial charge is 0.419 e. The summed E-state index contributed by atoms with van der Waals surface area (Å²) in [6, 6.07) is -2.22. The Hall–Kier alpha value is -3.78. The molecular weight excluding hydrogens is 749 g/mol. The number of carbonyl (C=O) groups is 4. The predicted molar refractivity (Wildman–Crippen MR) is 223 cm³/mol. The Labute approximate surface area is 350 Å². The lowest BCUT2D eigenvalue weighted by Crippen LogP contribution is -2.54. The molecule has 7 rings (SSSR count). The number of rotatable bonds is 12. The summed E-state index contributed by atoms with van der Waals surface area (Å²) < 4.78 is 6.64. The minimum Gasteiger partial charge on any atom is -0.443 e. The molecule has 1 saturated heterocycles. The van der Waals surface area contributed by atoms with Crippen molar-refractivity contribution >= 4 is 23.8 Å². The van der Waals surface area contributed by atoms with Crippen LogP contribution in [0.4, 0.5) is 4.79 Å². The molecule has 326 valence electrons. The number of amides is 3. The largest absolute Gasteiger partial charge is 0.443 e. The highest BCUT2D eigenvalue weighted by Crippen LogP contribution is 2.68. The number of imidazole rings is 2. The first-order valence-corrected chi connectivity index (χ1v) is 22.5. The molecule has 0 aromatic carbocycles. The molecule has 5 fully saturated rings. The summed E-state index contributed by atoms with van der Waals surface area (Å²) >= 11 is 0. The van der Waals surface area contributed by atoms with Gasteiger partial charge in [-0.05, 0) is 138 Å². The van der Waals surface area contributed by atoms with E-state index in [9.17, 15) is 24.3 Å². The van der Waals surface area contributed by atoms with Crippen molar-refractivity contribution in [2.24, 2.45) is 52.1 Å². The van der Waals surface area contributed by atoms with Crippen LogP contribution in [0.2, 0.25) is 0 Å². The third kappa shape index (κ3) is 9.28. The molecule has 2 aromatic rings. The van der Waals surface area contributed by atoms with Gasteiger partial charge >= 0.3 is 6.09 Å². The molecule has 1 aliphatic heterocycles. The molecule has 4 aliphatic carbocycles. The summed E-state index contributed by atoms with van der Waals surface area (Å²) in [5, 5.41) is 16.6. The number of carbonyl (C=O) groups excluding carboxylic acids is 4. The van der Waals surface area contributed by atoms with Crippen LogP contribution in [0.5, 0.6) is 0 Å². The molecule has 3 amide bonds. The van der Waals surface area contributed by atoms with Gasteiger partial charge in [0.15, 0.2) is 0 Å².